The van der Waals surface area contributed by atoms with Gasteiger partial charge in [0.25, 0.3) is 0 Å². The van der Waals surface area contributed by atoms with E-state index in [-0.39, 0.29) is 18.3 Å². The lowest BCUT2D eigenvalue weighted by atomic mass is 10.1. The van der Waals surface area contributed by atoms with E-state index in [1.807, 2.05) is 18.9 Å². The molecular formula is C13H20FNO2. The summed E-state index contributed by atoms with van der Waals surface area (Å²) in [6.07, 6.45) is 0.887. The number of halogens is 1. The fraction of sp³-hybridized carbons (Fsp3) is 0.538. The van der Waals surface area contributed by atoms with Crippen LogP contribution < -0.4 is 9.64 Å². The van der Waals surface area contributed by atoms with Crippen molar-refractivity contribution in [1.29, 1.82) is 0 Å². The summed E-state index contributed by atoms with van der Waals surface area (Å²) in [5.41, 5.74) is 0.708. The molecule has 3 nitrogen and oxygen atoms in total. The highest BCUT2D eigenvalue weighted by Crippen LogP contribution is 2.28. The minimum Gasteiger partial charge on any atom is -0.495 e. The van der Waals surface area contributed by atoms with Gasteiger partial charge in [0.05, 0.1) is 12.8 Å². The average Bonchev–Trinajstić information content (AvgIpc) is 2.35. The predicted octanol–water partition coefficient (Wildman–Crippen LogP) is 2.29. The molecule has 0 amide bonds. The third-order valence-electron chi connectivity index (χ3n) is 2.92. The Balaban J connectivity index is 2.86. The molecule has 0 aliphatic rings. The number of ether oxygens (including phenoxy) is 1. The smallest absolute Gasteiger partial charge is 0.142 e. The van der Waals surface area contributed by atoms with Crippen molar-refractivity contribution >= 4 is 5.69 Å². The van der Waals surface area contributed by atoms with Gasteiger partial charge in [-0.1, -0.05) is 6.92 Å². The minimum absolute atomic E-state index is 0.137. The van der Waals surface area contributed by atoms with E-state index in [1.54, 1.807) is 13.2 Å². The van der Waals surface area contributed by atoms with Crippen molar-refractivity contribution in [2.24, 2.45) is 5.92 Å². The molecule has 0 fully saturated rings. The summed E-state index contributed by atoms with van der Waals surface area (Å²) in [7, 11) is 3.43. The predicted molar refractivity (Wildman–Crippen MR) is 67.1 cm³/mol. The zero-order chi connectivity index (χ0) is 12.8. The number of hydrogen-bond acceptors (Lipinski definition) is 3. The Labute approximate surface area is 102 Å². The van der Waals surface area contributed by atoms with Crippen LogP contribution in [-0.4, -0.2) is 32.4 Å². The van der Waals surface area contributed by atoms with Crippen molar-refractivity contribution in [3.05, 3.63) is 24.0 Å². The molecule has 0 aromatic heterocycles. The van der Waals surface area contributed by atoms with Gasteiger partial charge < -0.3 is 14.7 Å². The molecule has 0 radical (unpaired) electrons. The Morgan fingerprint density at radius 3 is 2.71 bits per heavy atom. The Hall–Kier alpha value is -1.29. The quantitative estimate of drug-likeness (QED) is 0.829. The van der Waals surface area contributed by atoms with Crippen molar-refractivity contribution in [2.75, 3.05) is 32.2 Å². The first-order chi connectivity index (χ1) is 8.12. The molecule has 0 aliphatic heterocycles. The standard InChI is InChI=1S/C13H20FNO2/c1-4-10(9-16)8-15(2)12-7-11(14)5-6-13(12)17-3/h5-7,10,16H,4,8-9H2,1-3H3. The van der Waals surface area contributed by atoms with Crippen molar-refractivity contribution in [3.8, 4) is 5.75 Å². The SMILES string of the molecule is CCC(CO)CN(C)c1cc(F)ccc1OC. The Bertz CT molecular complexity index is 353. The third-order valence-corrected chi connectivity index (χ3v) is 2.92. The van der Waals surface area contributed by atoms with E-state index in [0.717, 1.165) is 6.42 Å². The molecule has 1 rings (SSSR count). The largest absolute Gasteiger partial charge is 0.495 e. The monoisotopic (exact) mass is 241 g/mol. The minimum atomic E-state index is -0.287. The lowest BCUT2D eigenvalue weighted by Crippen LogP contribution is -2.27. The maximum Gasteiger partial charge on any atom is 0.142 e. The topological polar surface area (TPSA) is 32.7 Å². The summed E-state index contributed by atoms with van der Waals surface area (Å²) in [6, 6.07) is 4.43. The van der Waals surface area contributed by atoms with Gasteiger partial charge in [0, 0.05) is 26.3 Å². The summed E-state index contributed by atoms with van der Waals surface area (Å²) in [5, 5.41) is 9.17. The van der Waals surface area contributed by atoms with Crippen molar-refractivity contribution < 1.29 is 14.2 Å². The van der Waals surface area contributed by atoms with Crippen LogP contribution in [-0.2, 0) is 0 Å². The molecule has 1 aromatic carbocycles. The molecule has 0 spiro atoms. The molecule has 1 unspecified atom stereocenters. The maximum absolute atomic E-state index is 13.2. The zero-order valence-corrected chi connectivity index (χ0v) is 10.6. The van der Waals surface area contributed by atoms with Crippen LogP contribution in [0.1, 0.15) is 13.3 Å². The zero-order valence-electron chi connectivity index (χ0n) is 10.6. The molecule has 96 valence electrons. The second kappa shape index (κ2) is 6.45. The molecule has 1 aromatic rings. The molecule has 4 heteroatoms. The fourth-order valence-corrected chi connectivity index (χ4v) is 1.76. The highest BCUT2D eigenvalue weighted by Gasteiger charge is 2.13. The number of rotatable bonds is 6. The van der Waals surface area contributed by atoms with Crippen LogP contribution in [0, 0.1) is 11.7 Å². The van der Waals surface area contributed by atoms with Crippen LogP contribution in [0.3, 0.4) is 0 Å². The number of aliphatic hydroxyl groups excluding tert-OH is 1. The number of methoxy groups -OCH3 is 1. The highest BCUT2D eigenvalue weighted by atomic mass is 19.1. The second-order valence-electron chi connectivity index (χ2n) is 4.15. The highest BCUT2D eigenvalue weighted by molar-refractivity contribution is 5.58. The lowest BCUT2D eigenvalue weighted by Gasteiger charge is -2.25. The molecule has 0 aliphatic carbocycles. The van der Waals surface area contributed by atoms with E-state index in [4.69, 9.17) is 4.74 Å². The van der Waals surface area contributed by atoms with Gasteiger partial charge >= 0.3 is 0 Å². The van der Waals surface area contributed by atoms with Crippen LogP contribution in [0.4, 0.5) is 10.1 Å². The van der Waals surface area contributed by atoms with Crippen LogP contribution in [0.25, 0.3) is 0 Å². The van der Waals surface area contributed by atoms with E-state index >= 15 is 0 Å². The van der Waals surface area contributed by atoms with Gasteiger partial charge in [0.15, 0.2) is 0 Å². The normalized spacial score (nSPS) is 12.3. The molecule has 1 N–H and O–H groups in total. The van der Waals surface area contributed by atoms with E-state index in [9.17, 15) is 9.50 Å². The summed E-state index contributed by atoms with van der Waals surface area (Å²) in [5.74, 6) is 0.541. The molecule has 0 heterocycles. The van der Waals surface area contributed by atoms with E-state index in [0.29, 0.717) is 18.0 Å². The molecule has 17 heavy (non-hydrogen) atoms. The molecule has 0 saturated carbocycles. The summed E-state index contributed by atoms with van der Waals surface area (Å²) >= 11 is 0. The third kappa shape index (κ3) is 3.60. The number of benzene rings is 1. The number of nitrogens with zero attached hydrogens (tertiary/aromatic N) is 1. The summed E-state index contributed by atoms with van der Waals surface area (Å²) in [4.78, 5) is 1.91. The van der Waals surface area contributed by atoms with Crippen LogP contribution in [0.2, 0.25) is 0 Å². The van der Waals surface area contributed by atoms with Crippen LogP contribution in [0.15, 0.2) is 18.2 Å². The number of hydrogen-bond donors (Lipinski definition) is 1. The summed E-state index contributed by atoms with van der Waals surface area (Å²) < 4.78 is 18.4. The first-order valence-corrected chi connectivity index (χ1v) is 5.77. The molecule has 0 bridgehead atoms. The van der Waals surface area contributed by atoms with Gasteiger partial charge in [0.1, 0.15) is 11.6 Å². The first-order valence-electron chi connectivity index (χ1n) is 5.77. The molecule has 1 atom stereocenters. The van der Waals surface area contributed by atoms with Gasteiger partial charge in [-0.15, -0.1) is 0 Å². The van der Waals surface area contributed by atoms with Crippen molar-refractivity contribution in [3.63, 3.8) is 0 Å². The van der Waals surface area contributed by atoms with Gasteiger partial charge in [-0.05, 0) is 24.5 Å². The van der Waals surface area contributed by atoms with E-state index in [2.05, 4.69) is 0 Å². The molecule has 0 saturated heterocycles. The van der Waals surface area contributed by atoms with Crippen LogP contribution in [0.5, 0.6) is 5.75 Å². The Morgan fingerprint density at radius 1 is 1.47 bits per heavy atom. The van der Waals surface area contributed by atoms with Crippen molar-refractivity contribution in [1.82, 2.24) is 0 Å². The fourth-order valence-electron chi connectivity index (χ4n) is 1.76. The lowest BCUT2D eigenvalue weighted by molar-refractivity contribution is 0.225. The second-order valence-corrected chi connectivity index (χ2v) is 4.15. The molecular weight excluding hydrogens is 221 g/mol. The van der Waals surface area contributed by atoms with Gasteiger partial charge in [-0.25, -0.2) is 4.39 Å². The van der Waals surface area contributed by atoms with E-state index in [1.165, 1.54) is 12.1 Å². The van der Waals surface area contributed by atoms with E-state index < -0.39 is 0 Å². The number of anilines is 1. The summed E-state index contributed by atoms with van der Waals surface area (Å²) in [6.45, 7) is 2.84. The average molecular weight is 241 g/mol. The van der Waals surface area contributed by atoms with Crippen molar-refractivity contribution in [2.45, 2.75) is 13.3 Å². The Morgan fingerprint density at radius 2 is 2.18 bits per heavy atom. The maximum atomic E-state index is 13.2. The van der Waals surface area contributed by atoms with Gasteiger partial charge in [0.2, 0.25) is 0 Å². The first kappa shape index (κ1) is 13.8. The Kier molecular flexibility index (Phi) is 5.22. The van der Waals surface area contributed by atoms with Crippen LogP contribution >= 0.6 is 0 Å². The van der Waals surface area contributed by atoms with Gasteiger partial charge in [-0.3, -0.25) is 0 Å². The van der Waals surface area contributed by atoms with Gasteiger partial charge in [-0.2, -0.15) is 0 Å². The number of aliphatic hydroxyl groups is 1.